The van der Waals surface area contributed by atoms with E-state index in [1.54, 1.807) is 10.8 Å². The number of benzene rings is 5. The van der Waals surface area contributed by atoms with Crippen molar-refractivity contribution in [1.82, 2.24) is 15.0 Å². The van der Waals surface area contributed by atoms with Gasteiger partial charge in [0.1, 0.15) is 11.2 Å². The van der Waals surface area contributed by atoms with E-state index in [1.807, 2.05) is 146 Å². The molecule has 5 aromatic carbocycles. The second-order valence-electron chi connectivity index (χ2n) is 9.10. The van der Waals surface area contributed by atoms with Gasteiger partial charge in [-0.1, -0.05) is 139 Å². The van der Waals surface area contributed by atoms with Gasteiger partial charge >= 0.3 is 0 Å². The molecule has 1 heterocycles. The Morgan fingerprint density at radius 1 is 0.538 bits per heavy atom. The van der Waals surface area contributed by atoms with E-state index < -0.39 is 0 Å². The third-order valence-electron chi connectivity index (χ3n) is 6.60. The first-order valence-corrected chi connectivity index (χ1v) is 12.8. The minimum absolute atomic E-state index is 0.170. The quantitative estimate of drug-likeness (QED) is 0.211. The van der Waals surface area contributed by atoms with E-state index in [1.165, 1.54) is 0 Å². The summed E-state index contributed by atoms with van der Waals surface area (Å²) in [4.78, 5) is 14.6. The Morgan fingerprint density at radius 3 is 1.49 bits per heavy atom. The smallest absolute Gasteiger partial charge is 0.205 e. The van der Waals surface area contributed by atoms with Crippen LogP contribution in [-0.4, -0.2) is 20.8 Å². The molecule has 0 saturated heterocycles. The Balaban J connectivity index is 1.67. The van der Waals surface area contributed by atoms with E-state index in [0.717, 1.165) is 44.4 Å². The monoisotopic (exact) mass is 503 g/mol. The molecule has 186 valence electrons. The summed E-state index contributed by atoms with van der Waals surface area (Å²) in [5.74, 6) is -0.170. The average molecular weight is 504 g/mol. The van der Waals surface area contributed by atoms with Crippen molar-refractivity contribution in [3.05, 3.63) is 174 Å². The molecule has 0 radical (unpaired) electrons. The van der Waals surface area contributed by atoms with Crippen LogP contribution >= 0.6 is 0 Å². The lowest BCUT2D eigenvalue weighted by atomic mass is 9.92. The predicted octanol–water partition coefficient (Wildman–Crippen LogP) is 7.55. The molecule has 0 aliphatic carbocycles. The summed E-state index contributed by atoms with van der Waals surface area (Å²) in [7, 11) is 0. The number of nitrogens with zero attached hydrogens (tertiary/aromatic N) is 3. The maximum absolute atomic E-state index is 14.6. The number of para-hydroxylation sites is 1. The zero-order valence-corrected chi connectivity index (χ0v) is 21.2. The van der Waals surface area contributed by atoms with Crippen LogP contribution in [0.3, 0.4) is 0 Å². The SMILES string of the molecule is O=C(C=C(c1ccccc1)c1ccccc1)C(=C(c1ccccc1)c1ccccc1)n1nnc2ccccc21. The van der Waals surface area contributed by atoms with Gasteiger partial charge in [0.05, 0.1) is 5.52 Å². The highest BCUT2D eigenvalue weighted by Crippen LogP contribution is 2.33. The first-order chi connectivity index (χ1) is 19.3. The van der Waals surface area contributed by atoms with Crippen molar-refractivity contribution < 1.29 is 4.79 Å². The van der Waals surface area contributed by atoms with Gasteiger partial charge in [-0.05, 0) is 46.0 Å². The van der Waals surface area contributed by atoms with E-state index in [9.17, 15) is 4.79 Å². The van der Waals surface area contributed by atoms with Crippen LogP contribution in [0.1, 0.15) is 22.3 Å². The van der Waals surface area contributed by atoms with Gasteiger partial charge in [0.25, 0.3) is 0 Å². The van der Waals surface area contributed by atoms with Crippen molar-refractivity contribution in [3.8, 4) is 0 Å². The zero-order valence-electron chi connectivity index (χ0n) is 21.2. The van der Waals surface area contributed by atoms with Crippen LogP contribution in [0, 0.1) is 0 Å². The summed E-state index contributed by atoms with van der Waals surface area (Å²) in [6, 6.07) is 47.6. The van der Waals surface area contributed by atoms with Crippen LogP contribution in [0.2, 0.25) is 0 Å². The molecule has 0 atom stereocenters. The third-order valence-corrected chi connectivity index (χ3v) is 6.60. The summed E-state index contributed by atoms with van der Waals surface area (Å²) in [6.07, 6.45) is 1.72. The molecule has 0 saturated carbocycles. The standard InChI is InChI=1S/C35H25N3O/c39-33(25-30(26-15-5-1-6-16-26)27-17-7-2-8-18-27)35(38-32-24-14-13-23-31(32)36-37-38)34(28-19-9-3-10-20-28)29-21-11-4-12-22-29/h1-25H. The van der Waals surface area contributed by atoms with Gasteiger partial charge in [0.2, 0.25) is 5.78 Å². The molecule has 0 spiro atoms. The van der Waals surface area contributed by atoms with Crippen LogP contribution in [-0.2, 0) is 4.79 Å². The van der Waals surface area contributed by atoms with Crippen LogP contribution in [0.15, 0.2) is 152 Å². The predicted molar refractivity (Wildman–Crippen MR) is 158 cm³/mol. The molecule has 39 heavy (non-hydrogen) atoms. The summed E-state index contributed by atoms with van der Waals surface area (Å²) in [5.41, 5.74) is 7.30. The molecule has 0 N–H and O–H groups in total. The number of hydrogen-bond acceptors (Lipinski definition) is 3. The maximum atomic E-state index is 14.6. The van der Waals surface area contributed by atoms with E-state index in [2.05, 4.69) is 10.3 Å². The first-order valence-electron chi connectivity index (χ1n) is 12.8. The van der Waals surface area contributed by atoms with Crippen LogP contribution in [0.4, 0.5) is 0 Å². The Hall–Kier alpha value is -5.35. The number of ketones is 1. The van der Waals surface area contributed by atoms with Gasteiger partial charge < -0.3 is 0 Å². The van der Waals surface area contributed by atoms with Gasteiger partial charge in [0.15, 0.2) is 0 Å². The molecular formula is C35H25N3O. The summed E-state index contributed by atoms with van der Waals surface area (Å²) in [5, 5.41) is 8.89. The Kier molecular flexibility index (Phi) is 6.74. The number of allylic oxidation sites excluding steroid dienone is 2. The summed E-state index contributed by atoms with van der Waals surface area (Å²) >= 11 is 0. The first kappa shape index (κ1) is 24.0. The van der Waals surface area contributed by atoms with E-state index >= 15 is 0 Å². The van der Waals surface area contributed by atoms with Crippen LogP contribution in [0.25, 0.3) is 27.9 Å². The molecular weight excluding hydrogens is 478 g/mol. The van der Waals surface area contributed by atoms with Crippen molar-refractivity contribution in [2.24, 2.45) is 0 Å². The number of aromatic nitrogens is 3. The van der Waals surface area contributed by atoms with Crippen molar-refractivity contribution >= 4 is 33.7 Å². The van der Waals surface area contributed by atoms with Gasteiger partial charge in [0, 0.05) is 5.57 Å². The molecule has 0 amide bonds. The van der Waals surface area contributed by atoms with E-state index in [4.69, 9.17) is 0 Å². The van der Waals surface area contributed by atoms with Gasteiger partial charge in [-0.3, -0.25) is 4.79 Å². The fourth-order valence-corrected chi connectivity index (χ4v) is 4.79. The van der Waals surface area contributed by atoms with Gasteiger partial charge in [-0.25, -0.2) is 4.68 Å². The van der Waals surface area contributed by atoms with Crippen molar-refractivity contribution in [2.45, 2.75) is 0 Å². The second kappa shape index (κ2) is 11.0. The summed E-state index contributed by atoms with van der Waals surface area (Å²) < 4.78 is 1.68. The van der Waals surface area contributed by atoms with Gasteiger partial charge in [-0.15, -0.1) is 5.10 Å². The third kappa shape index (κ3) is 4.96. The normalized spacial score (nSPS) is 10.7. The molecule has 4 nitrogen and oxygen atoms in total. The molecule has 0 fully saturated rings. The fourth-order valence-electron chi connectivity index (χ4n) is 4.79. The Labute approximate surface area is 227 Å². The number of carbonyl (C=O) groups is 1. The lowest BCUT2D eigenvalue weighted by Gasteiger charge is -2.16. The molecule has 0 bridgehead atoms. The number of rotatable bonds is 7. The Morgan fingerprint density at radius 2 is 0.974 bits per heavy atom. The zero-order chi connectivity index (χ0) is 26.4. The summed E-state index contributed by atoms with van der Waals surface area (Å²) in [6.45, 7) is 0. The van der Waals surface area contributed by atoms with Gasteiger partial charge in [-0.2, -0.15) is 0 Å². The minimum atomic E-state index is -0.170. The molecule has 6 aromatic rings. The van der Waals surface area contributed by atoms with E-state index in [-0.39, 0.29) is 5.78 Å². The highest BCUT2D eigenvalue weighted by Gasteiger charge is 2.23. The number of hydrogen-bond donors (Lipinski definition) is 0. The van der Waals surface area contributed by atoms with Crippen molar-refractivity contribution in [3.63, 3.8) is 0 Å². The molecule has 0 aliphatic heterocycles. The Bertz CT molecular complexity index is 1700. The van der Waals surface area contributed by atoms with Crippen molar-refractivity contribution in [2.75, 3.05) is 0 Å². The minimum Gasteiger partial charge on any atom is -0.287 e. The largest absolute Gasteiger partial charge is 0.287 e. The molecule has 0 unspecified atom stereocenters. The van der Waals surface area contributed by atoms with E-state index in [0.29, 0.717) is 5.70 Å². The lowest BCUT2D eigenvalue weighted by Crippen LogP contribution is -2.13. The highest BCUT2D eigenvalue weighted by atomic mass is 16.1. The average Bonchev–Trinajstić information content (AvgIpc) is 3.44. The second-order valence-corrected chi connectivity index (χ2v) is 9.10. The lowest BCUT2D eigenvalue weighted by molar-refractivity contribution is -0.109. The number of carbonyl (C=O) groups excluding carboxylic acids is 1. The maximum Gasteiger partial charge on any atom is 0.205 e. The van der Waals surface area contributed by atoms with Crippen molar-refractivity contribution in [1.29, 1.82) is 0 Å². The topological polar surface area (TPSA) is 47.8 Å². The van der Waals surface area contributed by atoms with Crippen LogP contribution < -0.4 is 0 Å². The molecule has 1 aromatic heterocycles. The van der Waals surface area contributed by atoms with Crippen LogP contribution in [0.5, 0.6) is 0 Å². The molecule has 0 aliphatic rings. The fraction of sp³-hybridized carbons (Fsp3) is 0. The number of fused-ring (bicyclic) bond motifs is 1. The molecule has 4 heteroatoms. The molecule has 6 rings (SSSR count). The highest BCUT2D eigenvalue weighted by molar-refractivity contribution is 6.31.